The van der Waals surface area contributed by atoms with E-state index < -0.39 is 5.95 Å². The second kappa shape index (κ2) is 9.57. The molecule has 0 amide bonds. The molecule has 0 aliphatic carbocycles. The van der Waals surface area contributed by atoms with E-state index in [1.165, 1.54) is 13.0 Å². The molecule has 0 aromatic rings. The van der Waals surface area contributed by atoms with Crippen molar-refractivity contribution >= 4 is 0 Å². The monoisotopic (exact) mass is 120 g/mol. The van der Waals surface area contributed by atoms with Gasteiger partial charge in [-0.1, -0.05) is 0 Å². The van der Waals surface area contributed by atoms with Gasteiger partial charge in [0.1, 0.15) is 0 Å². The van der Waals surface area contributed by atoms with Gasteiger partial charge in [-0.15, -0.1) is 0 Å². The molecule has 0 aromatic heterocycles. The largest absolute Gasteiger partial charge is 0.481 e. The Morgan fingerprint density at radius 2 is 1.50 bits per heavy atom. The van der Waals surface area contributed by atoms with Gasteiger partial charge in [0, 0.05) is 14.2 Å². The van der Waals surface area contributed by atoms with Crippen molar-refractivity contribution in [3.8, 4) is 0 Å². The molecule has 0 saturated carbocycles. The predicted octanol–water partition coefficient (Wildman–Crippen LogP) is 1.23. The predicted molar refractivity (Wildman–Crippen MR) is 31.9 cm³/mol. The van der Waals surface area contributed by atoms with Gasteiger partial charge in [-0.05, 0) is 13.0 Å². The van der Waals surface area contributed by atoms with Gasteiger partial charge < -0.3 is 14.9 Å². The average molecular weight is 120 g/mol. The fraction of sp³-hybridized carbons (Fsp3) is 0.600. The lowest BCUT2D eigenvalue weighted by molar-refractivity contribution is 0.190. The van der Waals surface area contributed by atoms with Crippen molar-refractivity contribution in [1.29, 1.82) is 0 Å². The van der Waals surface area contributed by atoms with Crippen LogP contribution in [0.15, 0.2) is 12.0 Å². The topological polar surface area (TPSA) is 49.7 Å². The number of ether oxygens (including phenoxy) is 1. The molecule has 8 heavy (non-hydrogen) atoms. The Labute approximate surface area is 49.2 Å². The van der Waals surface area contributed by atoms with Gasteiger partial charge in [0.05, 0.1) is 0 Å². The molecule has 0 unspecified atom stereocenters. The summed E-state index contributed by atoms with van der Waals surface area (Å²) in [4.78, 5) is 0. The Kier molecular flexibility index (Phi) is 12.3. The minimum absolute atomic E-state index is 0.620. The average Bonchev–Trinajstić information content (AvgIpc) is 1.69. The highest BCUT2D eigenvalue weighted by Gasteiger charge is 1.66. The number of hydrogen-bond donors (Lipinski definition) is 2. The molecule has 50 valence electrons. The summed E-state index contributed by atoms with van der Waals surface area (Å²) in [5, 5.41) is 15.6. The van der Waals surface area contributed by atoms with E-state index in [9.17, 15) is 0 Å². The number of hydrogen-bond acceptors (Lipinski definition) is 3. The third kappa shape index (κ3) is 58.0. The molecule has 0 aliphatic rings. The molecule has 0 saturated heterocycles. The minimum atomic E-state index is -0.620. The van der Waals surface area contributed by atoms with E-state index in [0.717, 1.165) is 0 Å². The quantitative estimate of drug-likeness (QED) is 0.472. The molecule has 0 bridgehead atoms. The standard InChI is InChI=1S/C3H6O2.C2H6O/c1-2-3(4)5;1-3-2/h2,4-5H,1H3;1-2H3. The molecule has 0 aliphatic heterocycles. The van der Waals surface area contributed by atoms with Gasteiger partial charge in [0.15, 0.2) is 0 Å². The summed E-state index contributed by atoms with van der Waals surface area (Å²) >= 11 is 0. The second-order valence-electron chi connectivity index (χ2n) is 1.06. The molecule has 0 atom stereocenters. The zero-order valence-corrected chi connectivity index (χ0v) is 5.38. The van der Waals surface area contributed by atoms with Crippen molar-refractivity contribution in [3.63, 3.8) is 0 Å². The van der Waals surface area contributed by atoms with Crippen LogP contribution in [0.3, 0.4) is 0 Å². The first-order valence-corrected chi connectivity index (χ1v) is 2.13. The fourth-order valence-corrected chi connectivity index (χ4v) is 0. The van der Waals surface area contributed by atoms with Crippen LogP contribution in [0.5, 0.6) is 0 Å². The van der Waals surface area contributed by atoms with Crippen LogP contribution >= 0.6 is 0 Å². The lowest BCUT2D eigenvalue weighted by Gasteiger charge is -1.75. The molecular formula is C5H12O3. The lowest BCUT2D eigenvalue weighted by atomic mass is 10.7. The number of rotatable bonds is 0. The van der Waals surface area contributed by atoms with Gasteiger partial charge in [0.25, 0.3) is 5.95 Å². The van der Waals surface area contributed by atoms with Crippen molar-refractivity contribution in [2.75, 3.05) is 14.2 Å². The summed E-state index contributed by atoms with van der Waals surface area (Å²) in [6.45, 7) is 1.54. The van der Waals surface area contributed by atoms with Crippen LogP contribution in [-0.2, 0) is 4.74 Å². The van der Waals surface area contributed by atoms with Crippen molar-refractivity contribution in [1.82, 2.24) is 0 Å². The number of aliphatic hydroxyl groups excluding tert-OH is 1. The van der Waals surface area contributed by atoms with E-state index in [4.69, 9.17) is 10.2 Å². The highest BCUT2D eigenvalue weighted by molar-refractivity contribution is 4.71. The third-order valence-corrected chi connectivity index (χ3v) is 0.258. The maximum atomic E-state index is 7.78. The summed E-state index contributed by atoms with van der Waals surface area (Å²) in [5.41, 5.74) is 0. The number of aliphatic hydroxyl groups is 2. The van der Waals surface area contributed by atoms with Crippen LogP contribution in [0.25, 0.3) is 0 Å². The molecule has 3 heteroatoms. The Balaban J connectivity index is 0. The normalized spacial score (nSPS) is 6.38. The highest BCUT2D eigenvalue weighted by atomic mass is 16.5. The van der Waals surface area contributed by atoms with Crippen molar-refractivity contribution < 1.29 is 14.9 Å². The van der Waals surface area contributed by atoms with Gasteiger partial charge in [-0.2, -0.15) is 0 Å². The van der Waals surface area contributed by atoms with Gasteiger partial charge >= 0.3 is 0 Å². The van der Waals surface area contributed by atoms with Crippen LogP contribution in [0.2, 0.25) is 0 Å². The highest BCUT2D eigenvalue weighted by Crippen LogP contribution is 1.71. The van der Waals surface area contributed by atoms with Crippen LogP contribution in [0.4, 0.5) is 0 Å². The second-order valence-corrected chi connectivity index (χ2v) is 1.06. The van der Waals surface area contributed by atoms with Crippen LogP contribution in [-0.4, -0.2) is 24.4 Å². The lowest BCUT2D eigenvalue weighted by Crippen LogP contribution is -1.68. The van der Waals surface area contributed by atoms with E-state index in [-0.39, 0.29) is 0 Å². The SMILES string of the molecule is CC=C(O)O.COC. The number of allylic oxidation sites excluding steroid dienone is 1. The smallest absolute Gasteiger partial charge is 0.269 e. The summed E-state index contributed by atoms with van der Waals surface area (Å²) in [6.07, 6.45) is 1.19. The number of methoxy groups -OCH3 is 1. The Morgan fingerprint density at radius 1 is 1.38 bits per heavy atom. The molecule has 0 radical (unpaired) electrons. The van der Waals surface area contributed by atoms with Crippen LogP contribution in [0.1, 0.15) is 6.92 Å². The Bertz CT molecular complexity index is 54.7. The first kappa shape index (κ1) is 10.3. The van der Waals surface area contributed by atoms with Gasteiger partial charge in [-0.3, -0.25) is 0 Å². The minimum Gasteiger partial charge on any atom is -0.481 e. The molecule has 2 N–H and O–H groups in total. The first-order chi connectivity index (χ1) is 3.68. The van der Waals surface area contributed by atoms with E-state index in [1.54, 1.807) is 14.2 Å². The first-order valence-electron chi connectivity index (χ1n) is 2.13. The summed E-state index contributed by atoms with van der Waals surface area (Å²) < 4.78 is 4.25. The molecule has 0 spiro atoms. The zero-order chi connectivity index (χ0) is 6.99. The Morgan fingerprint density at radius 3 is 1.50 bits per heavy atom. The summed E-state index contributed by atoms with van der Waals surface area (Å²) in [5.74, 6) is -0.620. The van der Waals surface area contributed by atoms with E-state index in [0.29, 0.717) is 0 Å². The summed E-state index contributed by atoms with van der Waals surface area (Å²) in [7, 11) is 3.25. The molecule has 0 heterocycles. The fourth-order valence-electron chi connectivity index (χ4n) is 0. The molecule has 0 aromatic carbocycles. The van der Waals surface area contributed by atoms with Crippen LogP contribution < -0.4 is 0 Å². The molecule has 0 rings (SSSR count). The molecular weight excluding hydrogens is 108 g/mol. The third-order valence-electron chi connectivity index (χ3n) is 0.258. The maximum absolute atomic E-state index is 7.78. The van der Waals surface area contributed by atoms with E-state index >= 15 is 0 Å². The zero-order valence-electron chi connectivity index (χ0n) is 5.38. The van der Waals surface area contributed by atoms with Gasteiger partial charge in [-0.25, -0.2) is 0 Å². The van der Waals surface area contributed by atoms with Crippen LogP contribution in [0, 0.1) is 0 Å². The maximum Gasteiger partial charge on any atom is 0.269 e. The Hall–Kier alpha value is -0.700. The van der Waals surface area contributed by atoms with E-state index in [2.05, 4.69) is 4.74 Å². The van der Waals surface area contributed by atoms with Gasteiger partial charge in [0.2, 0.25) is 0 Å². The van der Waals surface area contributed by atoms with Crippen molar-refractivity contribution in [3.05, 3.63) is 12.0 Å². The summed E-state index contributed by atoms with van der Waals surface area (Å²) in [6, 6.07) is 0. The van der Waals surface area contributed by atoms with Crippen molar-refractivity contribution in [2.45, 2.75) is 6.92 Å². The molecule has 0 fully saturated rings. The van der Waals surface area contributed by atoms with E-state index in [1.807, 2.05) is 0 Å². The van der Waals surface area contributed by atoms with Crippen molar-refractivity contribution in [2.24, 2.45) is 0 Å². The molecule has 3 nitrogen and oxygen atoms in total.